The highest BCUT2D eigenvalue weighted by atomic mass is 16.6. The standard InChI is InChI=1S/C25H26O4/c26-16-6-7-17-15(10-16)11-19(14-4-2-1-3-5-14)24-18(17)8-9-21-20(24)12-22-25(21,28)13-23(27)29-22/h1-7,10,18-22,24,26,28H,8-9,11-13H2. The van der Waals surface area contributed by atoms with Gasteiger partial charge in [0, 0.05) is 0 Å². The summed E-state index contributed by atoms with van der Waals surface area (Å²) in [5, 5.41) is 21.5. The topological polar surface area (TPSA) is 66.8 Å². The van der Waals surface area contributed by atoms with Gasteiger partial charge in [0.1, 0.15) is 17.5 Å². The minimum absolute atomic E-state index is 0.130. The molecule has 0 spiro atoms. The third-order valence-electron chi connectivity index (χ3n) is 8.31. The maximum absolute atomic E-state index is 11.9. The molecular formula is C25H26O4. The van der Waals surface area contributed by atoms with E-state index in [0.717, 1.165) is 25.7 Å². The Hall–Kier alpha value is -2.33. The van der Waals surface area contributed by atoms with E-state index >= 15 is 0 Å². The number of hydrogen-bond acceptors (Lipinski definition) is 4. The van der Waals surface area contributed by atoms with Crippen molar-refractivity contribution in [2.24, 2.45) is 17.8 Å². The predicted molar refractivity (Wildman–Crippen MR) is 108 cm³/mol. The monoisotopic (exact) mass is 390 g/mol. The summed E-state index contributed by atoms with van der Waals surface area (Å²) in [7, 11) is 0. The number of fused-ring (bicyclic) bond motifs is 7. The van der Waals surface area contributed by atoms with Gasteiger partial charge in [-0.05, 0) is 84.1 Å². The molecular weight excluding hydrogens is 364 g/mol. The van der Waals surface area contributed by atoms with Crippen LogP contribution in [-0.4, -0.2) is 27.9 Å². The summed E-state index contributed by atoms with van der Waals surface area (Å²) in [5.74, 6) is 1.75. The van der Waals surface area contributed by atoms with Gasteiger partial charge in [-0.2, -0.15) is 0 Å². The summed E-state index contributed by atoms with van der Waals surface area (Å²) in [6, 6.07) is 16.5. The minimum atomic E-state index is -0.983. The van der Waals surface area contributed by atoms with Gasteiger partial charge in [-0.1, -0.05) is 36.4 Å². The van der Waals surface area contributed by atoms with Crippen LogP contribution in [0.1, 0.15) is 54.2 Å². The first kappa shape index (κ1) is 17.5. The Kier molecular flexibility index (Phi) is 3.68. The van der Waals surface area contributed by atoms with Crippen LogP contribution in [0.4, 0.5) is 0 Å². The maximum atomic E-state index is 11.9. The van der Waals surface area contributed by atoms with Gasteiger partial charge in [-0.15, -0.1) is 0 Å². The Morgan fingerprint density at radius 1 is 1.03 bits per heavy atom. The van der Waals surface area contributed by atoms with Crippen LogP contribution in [0.25, 0.3) is 0 Å². The molecule has 1 aliphatic heterocycles. The van der Waals surface area contributed by atoms with Crippen LogP contribution in [0, 0.1) is 17.8 Å². The second-order valence-electron chi connectivity index (χ2n) is 9.52. The summed E-state index contributed by atoms with van der Waals surface area (Å²) < 4.78 is 5.56. The molecule has 29 heavy (non-hydrogen) atoms. The zero-order valence-corrected chi connectivity index (χ0v) is 16.3. The Morgan fingerprint density at radius 2 is 1.86 bits per heavy atom. The average Bonchev–Trinajstić information content (AvgIpc) is 3.15. The van der Waals surface area contributed by atoms with E-state index in [-0.39, 0.29) is 24.4 Å². The molecule has 6 rings (SSSR count). The number of ether oxygens (including phenoxy) is 1. The number of phenols is 1. The average molecular weight is 390 g/mol. The minimum Gasteiger partial charge on any atom is -0.508 e. The van der Waals surface area contributed by atoms with E-state index in [0.29, 0.717) is 29.4 Å². The molecule has 0 radical (unpaired) electrons. The van der Waals surface area contributed by atoms with E-state index in [1.54, 1.807) is 0 Å². The van der Waals surface area contributed by atoms with Crippen LogP contribution in [0.15, 0.2) is 48.5 Å². The van der Waals surface area contributed by atoms with Crippen molar-refractivity contribution >= 4 is 5.97 Å². The van der Waals surface area contributed by atoms with Gasteiger partial charge in [0.15, 0.2) is 0 Å². The van der Waals surface area contributed by atoms with Crippen molar-refractivity contribution in [3.05, 3.63) is 65.2 Å². The summed E-state index contributed by atoms with van der Waals surface area (Å²) in [6.07, 6.45) is 3.41. The fourth-order valence-electron chi connectivity index (χ4n) is 7.28. The summed E-state index contributed by atoms with van der Waals surface area (Å²) in [6.45, 7) is 0. The SMILES string of the molecule is O=C1CC2(O)C(CC3C4C(c5ccccc5)Cc5cc(O)ccc5C4CCC32)O1. The molecule has 0 bridgehead atoms. The van der Waals surface area contributed by atoms with Crippen molar-refractivity contribution in [3.8, 4) is 5.75 Å². The Balaban J connectivity index is 1.46. The fraction of sp³-hybridized carbons (Fsp3) is 0.480. The van der Waals surface area contributed by atoms with Crippen LogP contribution in [0.2, 0.25) is 0 Å². The fourth-order valence-corrected chi connectivity index (χ4v) is 7.28. The van der Waals surface area contributed by atoms with E-state index in [1.165, 1.54) is 16.7 Å². The van der Waals surface area contributed by atoms with Crippen molar-refractivity contribution in [3.63, 3.8) is 0 Å². The first-order valence-electron chi connectivity index (χ1n) is 10.8. The highest BCUT2D eigenvalue weighted by Crippen LogP contribution is 2.63. The van der Waals surface area contributed by atoms with Crippen LogP contribution in [0.5, 0.6) is 5.75 Å². The third kappa shape index (κ3) is 2.45. The number of esters is 1. The smallest absolute Gasteiger partial charge is 0.309 e. The largest absolute Gasteiger partial charge is 0.508 e. The number of carbonyl (C=O) groups excluding carboxylic acids is 1. The van der Waals surface area contributed by atoms with E-state index in [4.69, 9.17) is 4.74 Å². The Bertz CT molecular complexity index is 970. The molecule has 4 nitrogen and oxygen atoms in total. The number of aliphatic hydroxyl groups is 1. The second-order valence-corrected chi connectivity index (χ2v) is 9.52. The normalized spacial score (nSPS) is 39.8. The van der Waals surface area contributed by atoms with Crippen molar-refractivity contribution in [2.45, 2.75) is 55.6 Å². The molecule has 3 aliphatic carbocycles. The summed E-state index contributed by atoms with van der Waals surface area (Å²) >= 11 is 0. The zero-order valence-electron chi connectivity index (χ0n) is 16.3. The Morgan fingerprint density at radius 3 is 2.69 bits per heavy atom. The first-order chi connectivity index (χ1) is 14.0. The van der Waals surface area contributed by atoms with Crippen LogP contribution in [-0.2, 0) is 16.0 Å². The third-order valence-corrected chi connectivity index (χ3v) is 8.31. The lowest BCUT2D eigenvalue weighted by atomic mass is 9.55. The number of aromatic hydroxyl groups is 1. The van der Waals surface area contributed by atoms with Crippen molar-refractivity contribution in [1.82, 2.24) is 0 Å². The number of rotatable bonds is 1. The van der Waals surface area contributed by atoms with Crippen molar-refractivity contribution in [2.75, 3.05) is 0 Å². The van der Waals surface area contributed by atoms with Gasteiger partial charge in [-0.3, -0.25) is 4.79 Å². The Labute approximate surface area is 170 Å². The lowest BCUT2D eigenvalue weighted by molar-refractivity contribution is -0.142. The van der Waals surface area contributed by atoms with Gasteiger partial charge in [0.05, 0.1) is 6.42 Å². The molecule has 4 heteroatoms. The summed E-state index contributed by atoms with van der Waals surface area (Å²) in [5.41, 5.74) is 2.96. The number of hydrogen-bond donors (Lipinski definition) is 2. The molecule has 1 heterocycles. The molecule has 2 aromatic carbocycles. The lowest BCUT2D eigenvalue weighted by Gasteiger charge is -2.50. The molecule has 2 N–H and O–H groups in total. The zero-order chi connectivity index (χ0) is 19.8. The molecule has 0 amide bonds. The van der Waals surface area contributed by atoms with Crippen LogP contribution < -0.4 is 0 Å². The molecule has 2 aromatic rings. The molecule has 2 saturated carbocycles. The predicted octanol–water partition coefficient (Wildman–Crippen LogP) is 3.91. The highest BCUT2D eigenvalue weighted by molar-refractivity contribution is 5.74. The second kappa shape index (κ2) is 6.09. The molecule has 1 saturated heterocycles. The number of benzene rings is 2. The van der Waals surface area contributed by atoms with Gasteiger partial charge in [0.25, 0.3) is 0 Å². The number of carbonyl (C=O) groups is 1. The molecule has 7 unspecified atom stereocenters. The molecule has 0 aromatic heterocycles. The van der Waals surface area contributed by atoms with Crippen molar-refractivity contribution in [1.29, 1.82) is 0 Å². The maximum Gasteiger partial charge on any atom is 0.309 e. The van der Waals surface area contributed by atoms with E-state index in [2.05, 4.69) is 36.4 Å². The molecule has 4 aliphatic rings. The quantitative estimate of drug-likeness (QED) is 0.725. The van der Waals surface area contributed by atoms with E-state index < -0.39 is 5.60 Å². The highest BCUT2D eigenvalue weighted by Gasteiger charge is 2.64. The van der Waals surface area contributed by atoms with Crippen LogP contribution >= 0.6 is 0 Å². The van der Waals surface area contributed by atoms with Gasteiger partial charge < -0.3 is 14.9 Å². The molecule has 7 atom stereocenters. The number of phenolic OH excluding ortho intramolecular Hbond substituents is 1. The van der Waals surface area contributed by atoms with Crippen LogP contribution in [0.3, 0.4) is 0 Å². The van der Waals surface area contributed by atoms with Gasteiger partial charge in [-0.25, -0.2) is 0 Å². The van der Waals surface area contributed by atoms with Crippen molar-refractivity contribution < 1.29 is 19.7 Å². The van der Waals surface area contributed by atoms with E-state index in [1.807, 2.05) is 12.1 Å². The van der Waals surface area contributed by atoms with Gasteiger partial charge in [0.2, 0.25) is 0 Å². The van der Waals surface area contributed by atoms with E-state index in [9.17, 15) is 15.0 Å². The first-order valence-corrected chi connectivity index (χ1v) is 10.8. The van der Waals surface area contributed by atoms with Gasteiger partial charge >= 0.3 is 5.97 Å². The molecule has 150 valence electrons. The molecule has 3 fully saturated rings. The summed E-state index contributed by atoms with van der Waals surface area (Å²) in [4.78, 5) is 11.9. The lowest BCUT2D eigenvalue weighted by Crippen LogP contribution is -2.46.